The molecule has 2 amide bonds. The standard InChI is InChI=1S/C19H24FN5O2/c1-14-11-17(23(2)22-14)19(27)21-12-18(26)25-9-7-24(8-10-25)13-15-3-5-16(20)6-4-15/h3-6,11H,7-10,12-13H2,1-2H3,(H,21,27). The van der Waals surface area contributed by atoms with Crippen molar-refractivity contribution in [1.29, 1.82) is 0 Å². The molecule has 1 aliphatic rings. The molecule has 0 spiro atoms. The zero-order chi connectivity index (χ0) is 19.4. The number of carbonyl (C=O) groups excluding carboxylic acids is 2. The highest BCUT2D eigenvalue weighted by atomic mass is 19.1. The lowest BCUT2D eigenvalue weighted by Crippen LogP contribution is -2.50. The fraction of sp³-hybridized carbons (Fsp3) is 0.421. The Morgan fingerprint density at radius 1 is 1.15 bits per heavy atom. The number of hydrogen-bond acceptors (Lipinski definition) is 4. The zero-order valence-electron chi connectivity index (χ0n) is 15.6. The Hall–Kier alpha value is -2.74. The number of halogens is 1. The third kappa shape index (κ3) is 4.91. The fourth-order valence-corrected chi connectivity index (χ4v) is 3.18. The van der Waals surface area contributed by atoms with E-state index in [0.29, 0.717) is 18.8 Å². The van der Waals surface area contributed by atoms with Crippen molar-refractivity contribution in [3.63, 3.8) is 0 Å². The first-order chi connectivity index (χ1) is 12.9. The quantitative estimate of drug-likeness (QED) is 0.847. The molecule has 0 saturated carbocycles. The molecule has 1 aromatic heterocycles. The number of nitrogens with one attached hydrogen (secondary N) is 1. The monoisotopic (exact) mass is 373 g/mol. The second-order valence-corrected chi connectivity index (χ2v) is 6.76. The molecule has 0 bridgehead atoms. The second-order valence-electron chi connectivity index (χ2n) is 6.76. The first-order valence-corrected chi connectivity index (χ1v) is 8.96. The number of nitrogens with zero attached hydrogens (tertiary/aromatic N) is 4. The molecule has 1 aromatic carbocycles. The molecule has 27 heavy (non-hydrogen) atoms. The van der Waals surface area contributed by atoms with Crippen molar-refractivity contribution >= 4 is 11.8 Å². The number of rotatable bonds is 5. The van der Waals surface area contributed by atoms with Gasteiger partial charge in [-0.05, 0) is 30.7 Å². The normalized spacial score (nSPS) is 15.0. The van der Waals surface area contributed by atoms with Gasteiger partial charge in [0.2, 0.25) is 5.91 Å². The van der Waals surface area contributed by atoms with E-state index < -0.39 is 0 Å². The second kappa shape index (κ2) is 8.30. The van der Waals surface area contributed by atoms with Crippen molar-refractivity contribution in [2.45, 2.75) is 13.5 Å². The van der Waals surface area contributed by atoms with Gasteiger partial charge in [0, 0.05) is 39.8 Å². The molecule has 0 aliphatic carbocycles. The molecule has 7 nitrogen and oxygen atoms in total. The third-order valence-corrected chi connectivity index (χ3v) is 4.68. The number of aryl methyl sites for hydroxylation is 2. The fourth-order valence-electron chi connectivity index (χ4n) is 3.18. The van der Waals surface area contributed by atoms with E-state index >= 15 is 0 Å². The topological polar surface area (TPSA) is 70.5 Å². The molecule has 0 radical (unpaired) electrons. The van der Waals surface area contributed by atoms with Gasteiger partial charge in [-0.3, -0.25) is 19.2 Å². The molecule has 3 rings (SSSR count). The van der Waals surface area contributed by atoms with E-state index in [4.69, 9.17) is 0 Å². The molecule has 1 aliphatic heterocycles. The van der Waals surface area contributed by atoms with E-state index in [1.165, 1.54) is 16.8 Å². The summed E-state index contributed by atoms with van der Waals surface area (Å²) in [4.78, 5) is 28.5. The Balaban J connectivity index is 1.43. The average Bonchev–Trinajstić information content (AvgIpc) is 3.00. The van der Waals surface area contributed by atoms with Crippen molar-refractivity contribution in [2.75, 3.05) is 32.7 Å². The maximum Gasteiger partial charge on any atom is 0.269 e. The molecular formula is C19H24FN5O2. The molecule has 0 unspecified atom stereocenters. The Kier molecular flexibility index (Phi) is 5.85. The van der Waals surface area contributed by atoms with Gasteiger partial charge in [0.25, 0.3) is 5.91 Å². The Morgan fingerprint density at radius 3 is 2.41 bits per heavy atom. The number of aromatic nitrogens is 2. The largest absolute Gasteiger partial charge is 0.342 e. The lowest BCUT2D eigenvalue weighted by molar-refractivity contribution is -0.131. The minimum Gasteiger partial charge on any atom is -0.342 e. The van der Waals surface area contributed by atoms with Gasteiger partial charge in [0.1, 0.15) is 11.5 Å². The van der Waals surface area contributed by atoms with Gasteiger partial charge >= 0.3 is 0 Å². The van der Waals surface area contributed by atoms with Crippen LogP contribution in [0.15, 0.2) is 30.3 Å². The van der Waals surface area contributed by atoms with Crippen molar-refractivity contribution < 1.29 is 14.0 Å². The number of carbonyl (C=O) groups is 2. The summed E-state index contributed by atoms with van der Waals surface area (Å²) in [6.45, 7) is 5.24. The molecule has 1 N–H and O–H groups in total. The summed E-state index contributed by atoms with van der Waals surface area (Å²) >= 11 is 0. The summed E-state index contributed by atoms with van der Waals surface area (Å²) in [6, 6.07) is 8.17. The van der Waals surface area contributed by atoms with Crippen LogP contribution in [0.25, 0.3) is 0 Å². The van der Waals surface area contributed by atoms with Crippen molar-refractivity contribution in [2.24, 2.45) is 7.05 Å². The minimum absolute atomic E-state index is 0.0268. The summed E-state index contributed by atoms with van der Waals surface area (Å²) in [5, 5.41) is 6.80. The van der Waals surface area contributed by atoms with E-state index in [9.17, 15) is 14.0 Å². The average molecular weight is 373 g/mol. The Morgan fingerprint density at radius 2 is 1.81 bits per heavy atom. The molecule has 144 valence electrons. The summed E-state index contributed by atoms with van der Waals surface area (Å²) in [5.41, 5.74) is 2.24. The van der Waals surface area contributed by atoms with Gasteiger partial charge in [-0.2, -0.15) is 5.10 Å². The minimum atomic E-state index is -0.304. The van der Waals surface area contributed by atoms with Crippen LogP contribution in [0.2, 0.25) is 0 Å². The maximum absolute atomic E-state index is 13.0. The van der Waals surface area contributed by atoms with Gasteiger partial charge in [-0.25, -0.2) is 4.39 Å². The highest BCUT2D eigenvalue weighted by molar-refractivity contribution is 5.95. The van der Waals surface area contributed by atoms with E-state index in [2.05, 4.69) is 15.3 Å². The van der Waals surface area contributed by atoms with Crippen LogP contribution in [0.5, 0.6) is 0 Å². The first-order valence-electron chi connectivity index (χ1n) is 8.96. The molecule has 2 aromatic rings. The lowest BCUT2D eigenvalue weighted by atomic mass is 10.2. The predicted octanol–water partition coefficient (Wildman–Crippen LogP) is 0.942. The number of piperazine rings is 1. The van der Waals surface area contributed by atoms with Gasteiger partial charge in [-0.15, -0.1) is 0 Å². The lowest BCUT2D eigenvalue weighted by Gasteiger charge is -2.34. The zero-order valence-corrected chi connectivity index (χ0v) is 15.6. The Bertz CT molecular complexity index is 810. The summed E-state index contributed by atoms with van der Waals surface area (Å²) in [6.07, 6.45) is 0. The van der Waals surface area contributed by atoms with Crippen LogP contribution in [0, 0.1) is 12.7 Å². The van der Waals surface area contributed by atoms with Crippen LogP contribution >= 0.6 is 0 Å². The van der Waals surface area contributed by atoms with Crippen molar-refractivity contribution in [1.82, 2.24) is 24.9 Å². The predicted molar refractivity (Wildman–Crippen MR) is 98.5 cm³/mol. The maximum atomic E-state index is 13.0. The number of benzene rings is 1. The van der Waals surface area contributed by atoms with Crippen LogP contribution in [0.1, 0.15) is 21.7 Å². The number of amides is 2. The van der Waals surface area contributed by atoms with Crippen LogP contribution in [-0.2, 0) is 18.4 Å². The molecule has 1 saturated heterocycles. The summed E-state index contributed by atoms with van der Waals surface area (Å²) in [7, 11) is 1.70. The van der Waals surface area contributed by atoms with E-state index in [1.807, 2.05) is 6.92 Å². The van der Waals surface area contributed by atoms with Gasteiger partial charge < -0.3 is 10.2 Å². The molecule has 1 fully saturated rings. The van der Waals surface area contributed by atoms with Crippen molar-refractivity contribution in [3.8, 4) is 0 Å². The van der Waals surface area contributed by atoms with Crippen LogP contribution in [0.4, 0.5) is 4.39 Å². The van der Waals surface area contributed by atoms with E-state index in [-0.39, 0.29) is 24.2 Å². The molecule has 2 heterocycles. The Labute approximate surface area is 157 Å². The molecule has 0 atom stereocenters. The molecule has 8 heteroatoms. The third-order valence-electron chi connectivity index (χ3n) is 4.68. The highest BCUT2D eigenvalue weighted by Crippen LogP contribution is 2.10. The summed E-state index contributed by atoms with van der Waals surface area (Å²) in [5.74, 6) is -0.637. The van der Waals surface area contributed by atoms with Crippen molar-refractivity contribution in [3.05, 3.63) is 53.1 Å². The van der Waals surface area contributed by atoms with Gasteiger partial charge in [-0.1, -0.05) is 12.1 Å². The molecular weight excluding hydrogens is 349 g/mol. The first kappa shape index (κ1) is 19.0. The highest BCUT2D eigenvalue weighted by Gasteiger charge is 2.22. The van der Waals surface area contributed by atoms with Gasteiger partial charge in [0.05, 0.1) is 12.2 Å². The van der Waals surface area contributed by atoms with Crippen LogP contribution in [0.3, 0.4) is 0 Å². The van der Waals surface area contributed by atoms with E-state index in [1.54, 1.807) is 30.1 Å². The van der Waals surface area contributed by atoms with E-state index in [0.717, 1.165) is 30.9 Å². The summed E-state index contributed by atoms with van der Waals surface area (Å²) < 4.78 is 14.5. The SMILES string of the molecule is Cc1cc(C(=O)NCC(=O)N2CCN(Cc3ccc(F)cc3)CC2)n(C)n1. The smallest absolute Gasteiger partial charge is 0.269 e. The van der Waals surface area contributed by atoms with Crippen LogP contribution < -0.4 is 5.32 Å². The number of hydrogen-bond donors (Lipinski definition) is 1. The van der Waals surface area contributed by atoms with Gasteiger partial charge in [0.15, 0.2) is 0 Å². The van der Waals surface area contributed by atoms with Crippen LogP contribution in [-0.4, -0.2) is 64.1 Å².